The van der Waals surface area contributed by atoms with Crippen molar-refractivity contribution in [1.82, 2.24) is 5.32 Å². The monoisotopic (exact) mass is 385 g/mol. The van der Waals surface area contributed by atoms with Gasteiger partial charge in [0.05, 0.1) is 19.1 Å². The number of nitrogens with one attached hydrogen (secondary N) is 1. The molecular formula is C21H20ClNO4. The molecule has 0 saturated carbocycles. The number of hydrogen-bond acceptors (Lipinski definition) is 4. The molecule has 0 spiro atoms. The van der Waals surface area contributed by atoms with E-state index in [0.29, 0.717) is 28.5 Å². The zero-order chi connectivity index (χ0) is 19.6. The maximum absolute atomic E-state index is 12.5. The molecular weight excluding hydrogens is 366 g/mol. The van der Waals surface area contributed by atoms with Gasteiger partial charge in [-0.1, -0.05) is 29.8 Å². The molecule has 0 bridgehead atoms. The van der Waals surface area contributed by atoms with Crippen LogP contribution in [0.2, 0.25) is 5.02 Å². The first-order valence-electron chi connectivity index (χ1n) is 8.52. The van der Waals surface area contributed by atoms with E-state index in [4.69, 9.17) is 20.8 Å². The molecule has 0 aliphatic heterocycles. The predicted octanol–water partition coefficient (Wildman–Crippen LogP) is 3.93. The molecule has 2 aromatic carbocycles. The Labute approximate surface area is 161 Å². The van der Waals surface area contributed by atoms with Crippen LogP contribution in [-0.2, 0) is 17.8 Å². The van der Waals surface area contributed by atoms with Crippen LogP contribution < -0.4 is 15.7 Å². The third-order valence-electron chi connectivity index (χ3n) is 4.65. The third-order valence-corrected chi connectivity index (χ3v) is 5.01. The van der Waals surface area contributed by atoms with Crippen molar-refractivity contribution in [3.63, 3.8) is 0 Å². The van der Waals surface area contributed by atoms with E-state index < -0.39 is 5.63 Å². The molecule has 0 unspecified atom stereocenters. The van der Waals surface area contributed by atoms with Crippen molar-refractivity contribution in [3.8, 4) is 5.75 Å². The Bertz CT molecular complexity index is 1070. The number of benzene rings is 2. The lowest BCUT2D eigenvalue weighted by Gasteiger charge is -2.12. The van der Waals surface area contributed by atoms with Crippen LogP contribution in [0.4, 0.5) is 0 Å². The molecule has 1 amide bonds. The highest BCUT2D eigenvalue weighted by Crippen LogP contribution is 2.29. The van der Waals surface area contributed by atoms with Gasteiger partial charge in [-0.3, -0.25) is 4.79 Å². The average Bonchev–Trinajstić information content (AvgIpc) is 2.65. The van der Waals surface area contributed by atoms with Gasteiger partial charge in [0.25, 0.3) is 0 Å². The van der Waals surface area contributed by atoms with Gasteiger partial charge >= 0.3 is 5.63 Å². The number of methoxy groups -OCH3 is 1. The Balaban J connectivity index is 1.85. The number of hydrogen-bond donors (Lipinski definition) is 1. The van der Waals surface area contributed by atoms with Crippen LogP contribution in [0.25, 0.3) is 11.0 Å². The van der Waals surface area contributed by atoms with E-state index in [0.717, 1.165) is 22.1 Å². The van der Waals surface area contributed by atoms with Crippen LogP contribution >= 0.6 is 11.6 Å². The number of ether oxygens (including phenoxy) is 1. The summed E-state index contributed by atoms with van der Waals surface area (Å²) in [6.45, 7) is 3.95. The van der Waals surface area contributed by atoms with Crippen molar-refractivity contribution in [3.05, 3.63) is 74.1 Å². The first-order chi connectivity index (χ1) is 12.9. The van der Waals surface area contributed by atoms with E-state index in [1.54, 1.807) is 13.2 Å². The highest BCUT2D eigenvalue weighted by Gasteiger charge is 2.17. The molecule has 0 atom stereocenters. The van der Waals surface area contributed by atoms with Crippen molar-refractivity contribution >= 4 is 28.5 Å². The smallest absolute Gasteiger partial charge is 0.340 e. The maximum atomic E-state index is 12.5. The molecule has 6 heteroatoms. The molecule has 5 nitrogen and oxygen atoms in total. The Kier molecular flexibility index (Phi) is 5.51. The SMILES string of the molecule is COc1ccc2c(C)c(CC(=O)NCc3ccccc3Cl)c(=O)oc2c1C. The maximum Gasteiger partial charge on any atom is 0.340 e. The van der Waals surface area contributed by atoms with E-state index >= 15 is 0 Å². The summed E-state index contributed by atoms with van der Waals surface area (Å²) in [5, 5.41) is 4.18. The highest BCUT2D eigenvalue weighted by atomic mass is 35.5. The Morgan fingerprint density at radius 2 is 1.89 bits per heavy atom. The largest absolute Gasteiger partial charge is 0.496 e. The lowest BCUT2D eigenvalue weighted by molar-refractivity contribution is -0.120. The topological polar surface area (TPSA) is 68.5 Å². The molecule has 1 heterocycles. The van der Waals surface area contributed by atoms with E-state index in [1.165, 1.54) is 0 Å². The van der Waals surface area contributed by atoms with Gasteiger partial charge in [-0.2, -0.15) is 0 Å². The van der Waals surface area contributed by atoms with E-state index in [2.05, 4.69) is 5.32 Å². The van der Waals surface area contributed by atoms with Gasteiger partial charge < -0.3 is 14.5 Å². The van der Waals surface area contributed by atoms with Gasteiger partial charge in [0.2, 0.25) is 5.91 Å². The van der Waals surface area contributed by atoms with Crippen LogP contribution in [0.15, 0.2) is 45.6 Å². The summed E-state index contributed by atoms with van der Waals surface area (Å²) >= 11 is 6.10. The van der Waals surface area contributed by atoms with Crippen LogP contribution in [0.5, 0.6) is 5.75 Å². The molecule has 0 aliphatic carbocycles. The summed E-state index contributed by atoms with van der Waals surface area (Å²) in [7, 11) is 1.57. The standard InChI is InChI=1S/C21H20ClNO4/c1-12-15-8-9-18(26-3)13(2)20(15)27-21(25)16(12)10-19(24)23-11-14-6-4-5-7-17(14)22/h4-9H,10-11H2,1-3H3,(H,23,24). The van der Waals surface area contributed by atoms with E-state index in [-0.39, 0.29) is 12.3 Å². The molecule has 0 saturated heterocycles. The lowest BCUT2D eigenvalue weighted by atomic mass is 10.0. The van der Waals surface area contributed by atoms with Gasteiger partial charge in [0.15, 0.2) is 0 Å². The Morgan fingerprint density at radius 1 is 1.15 bits per heavy atom. The summed E-state index contributed by atoms with van der Waals surface area (Å²) < 4.78 is 10.8. The fraction of sp³-hybridized carbons (Fsp3) is 0.238. The van der Waals surface area contributed by atoms with Crippen molar-refractivity contribution in [1.29, 1.82) is 0 Å². The molecule has 0 fully saturated rings. The summed E-state index contributed by atoms with van der Waals surface area (Å²) in [6, 6.07) is 11.0. The number of amides is 1. The molecule has 27 heavy (non-hydrogen) atoms. The molecule has 3 aromatic rings. The van der Waals surface area contributed by atoms with E-state index in [1.807, 2.05) is 44.2 Å². The fourth-order valence-electron chi connectivity index (χ4n) is 3.05. The summed E-state index contributed by atoms with van der Waals surface area (Å²) in [6.07, 6.45) is -0.0559. The first-order valence-corrected chi connectivity index (χ1v) is 8.90. The minimum absolute atomic E-state index is 0.0559. The quantitative estimate of drug-likeness (QED) is 0.675. The summed E-state index contributed by atoms with van der Waals surface area (Å²) in [4.78, 5) is 24.8. The third kappa shape index (κ3) is 3.83. The number of carbonyl (C=O) groups excluding carboxylic acids is 1. The first kappa shape index (κ1) is 19.0. The molecule has 3 rings (SSSR count). The molecule has 1 aromatic heterocycles. The van der Waals surface area contributed by atoms with Gasteiger partial charge in [-0.05, 0) is 43.2 Å². The lowest BCUT2D eigenvalue weighted by Crippen LogP contribution is -2.27. The second-order valence-electron chi connectivity index (χ2n) is 6.31. The van der Waals surface area contributed by atoms with Crippen molar-refractivity contribution in [2.75, 3.05) is 7.11 Å². The van der Waals surface area contributed by atoms with Gasteiger partial charge in [-0.25, -0.2) is 4.79 Å². The number of rotatable bonds is 5. The van der Waals surface area contributed by atoms with Crippen LogP contribution in [-0.4, -0.2) is 13.0 Å². The van der Waals surface area contributed by atoms with Gasteiger partial charge in [0.1, 0.15) is 11.3 Å². The zero-order valence-electron chi connectivity index (χ0n) is 15.4. The Morgan fingerprint density at radius 3 is 2.59 bits per heavy atom. The minimum atomic E-state index is -0.510. The zero-order valence-corrected chi connectivity index (χ0v) is 16.1. The summed E-state index contributed by atoms with van der Waals surface area (Å²) in [5.41, 5.74) is 2.63. The second kappa shape index (κ2) is 7.84. The van der Waals surface area contributed by atoms with Crippen LogP contribution in [0.1, 0.15) is 22.3 Å². The van der Waals surface area contributed by atoms with Crippen molar-refractivity contribution in [2.24, 2.45) is 0 Å². The van der Waals surface area contributed by atoms with Crippen molar-refractivity contribution in [2.45, 2.75) is 26.8 Å². The van der Waals surface area contributed by atoms with Gasteiger partial charge in [0, 0.05) is 22.5 Å². The number of carbonyl (C=O) groups is 1. The molecule has 0 radical (unpaired) electrons. The Hall–Kier alpha value is -2.79. The normalized spacial score (nSPS) is 10.8. The highest BCUT2D eigenvalue weighted by molar-refractivity contribution is 6.31. The number of halogens is 1. The van der Waals surface area contributed by atoms with Crippen LogP contribution in [0, 0.1) is 13.8 Å². The molecule has 0 aliphatic rings. The minimum Gasteiger partial charge on any atom is -0.496 e. The average molecular weight is 386 g/mol. The second-order valence-corrected chi connectivity index (χ2v) is 6.71. The van der Waals surface area contributed by atoms with Crippen LogP contribution in [0.3, 0.4) is 0 Å². The predicted molar refractivity (Wildman–Crippen MR) is 106 cm³/mol. The van der Waals surface area contributed by atoms with E-state index in [9.17, 15) is 9.59 Å². The van der Waals surface area contributed by atoms with Gasteiger partial charge in [-0.15, -0.1) is 0 Å². The number of aryl methyl sites for hydroxylation is 2. The number of fused-ring (bicyclic) bond motifs is 1. The molecule has 1 N–H and O–H groups in total. The molecule has 140 valence electrons. The van der Waals surface area contributed by atoms with Crippen molar-refractivity contribution < 1.29 is 13.9 Å². The summed E-state index contributed by atoms with van der Waals surface area (Å²) in [5.74, 6) is 0.380. The fourth-order valence-corrected chi connectivity index (χ4v) is 3.26.